The molecule has 2 fully saturated rings. The molecule has 1 heterocycles. The van der Waals surface area contributed by atoms with Crippen LogP contribution in [0, 0.1) is 11.8 Å². The number of benzene rings is 1. The van der Waals surface area contributed by atoms with Crippen LogP contribution in [0.2, 0.25) is 10.0 Å². The zero-order valence-electron chi connectivity index (χ0n) is 15.5. The molecule has 0 bridgehead atoms. The Kier molecular flexibility index (Phi) is 6.72. The van der Waals surface area contributed by atoms with Crippen molar-refractivity contribution in [1.29, 1.82) is 0 Å². The van der Waals surface area contributed by atoms with Crippen LogP contribution in [-0.2, 0) is 14.8 Å². The van der Waals surface area contributed by atoms with Crippen LogP contribution in [0.5, 0.6) is 0 Å². The van der Waals surface area contributed by atoms with Crippen LogP contribution >= 0.6 is 23.2 Å². The van der Waals surface area contributed by atoms with E-state index in [0.717, 1.165) is 19.5 Å². The molecule has 5 nitrogen and oxygen atoms in total. The molecule has 1 amide bonds. The van der Waals surface area contributed by atoms with Crippen molar-refractivity contribution in [3.63, 3.8) is 0 Å². The fourth-order valence-corrected chi connectivity index (χ4v) is 6.19. The predicted octanol–water partition coefficient (Wildman–Crippen LogP) is 4.04. The van der Waals surface area contributed by atoms with E-state index in [4.69, 9.17) is 23.2 Å². The Hall–Kier alpha value is -0.820. The lowest BCUT2D eigenvalue weighted by Gasteiger charge is -2.34. The summed E-state index contributed by atoms with van der Waals surface area (Å²) in [5.41, 5.74) is 0. The number of hydrogen-bond acceptors (Lipinski definition) is 3. The van der Waals surface area contributed by atoms with Crippen LogP contribution in [-0.4, -0.2) is 49.7 Å². The highest BCUT2D eigenvalue weighted by atomic mass is 35.5. The Bertz CT molecular complexity index is 768. The maximum absolute atomic E-state index is 13.0. The second-order valence-electron chi connectivity index (χ2n) is 7.46. The van der Waals surface area contributed by atoms with E-state index in [1.54, 1.807) is 6.07 Å². The zero-order valence-corrected chi connectivity index (χ0v) is 17.9. The molecule has 0 unspecified atom stereocenters. The van der Waals surface area contributed by atoms with Gasteiger partial charge in [0, 0.05) is 32.1 Å². The molecule has 27 heavy (non-hydrogen) atoms. The monoisotopic (exact) mass is 432 g/mol. The highest BCUT2D eigenvalue weighted by Gasteiger charge is 2.36. The van der Waals surface area contributed by atoms with Gasteiger partial charge in [0.15, 0.2) is 0 Å². The molecule has 1 aromatic rings. The molecule has 0 spiro atoms. The van der Waals surface area contributed by atoms with E-state index in [9.17, 15) is 13.2 Å². The number of halogens is 2. The summed E-state index contributed by atoms with van der Waals surface area (Å²) in [4.78, 5) is 14.8. The van der Waals surface area contributed by atoms with Crippen molar-refractivity contribution in [2.45, 2.75) is 43.9 Å². The molecule has 0 aromatic heterocycles. The number of carbonyl (C=O) groups is 1. The van der Waals surface area contributed by atoms with Crippen LogP contribution in [0.3, 0.4) is 0 Å². The molecule has 3 rings (SSSR count). The minimum absolute atomic E-state index is 0.0422. The second kappa shape index (κ2) is 8.68. The Balaban J connectivity index is 1.66. The number of piperidine rings is 1. The van der Waals surface area contributed by atoms with Crippen molar-refractivity contribution >= 4 is 39.1 Å². The fourth-order valence-electron chi connectivity index (χ4n) is 3.63. The van der Waals surface area contributed by atoms with Gasteiger partial charge in [-0.2, -0.15) is 4.31 Å². The molecular formula is C19H26Cl2N2O3S. The van der Waals surface area contributed by atoms with Gasteiger partial charge in [-0.1, -0.05) is 36.2 Å². The molecule has 8 heteroatoms. The summed E-state index contributed by atoms with van der Waals surface area (Å²) < 4.78 is 27.3. The van der Waals surface area contributed by atoms with Crippen LogP contribution in [0.25, 0.3) is 0 Å². The second-order valence-corrected chi connectivity index (χ2v) is 10.1. The maximum atomic E-state index is 13.0. The predicted molar refractivity (Wildman–Crippen MR) is 108 cm³/mol. The summed E-state index contributed by atoms with van der Waals surface area (Å²) in [6.45, 7) is 4.33. The smallest absolute Gasteiger partial charge is 0.246 e. The standard InChI is InChI=1S/C19H26Cl2N2O3S/c1-2-10-22(13-14-6-7-14)19(24)15-8-11-23(12-9-15)27(25,26)18-16(20)4-3-5-17(18)21/h3-5,14-15H,2,6-13H2,1H3. The van der Waals surface area contributed by atoms with Gasteiger partial charge in [0.25, 0.3) is 0 Å². The van der Waals surface area contributed by atoms with Gasteiger partial charge in [-0.05, 0) is 50.2 Å². The van der Waals surface area contributed by atoms with E-state index in [1.165, 1.54) is 29.3 Å². The van der Waals surface area contributed by atoms with Crippen molar-refractivity contribution in [1.82, 2.24) is 9.21 Å². The first-order chi connectivity index (χ1) is 12.8. The lowest BCUT2D eigenvalue weighted by Crippen LogP contribution is -2.45. The first-order valence-corrected chi connectivity index (χ1v) is 11.8. The molecule has 0 N–H and O–H groups in total. The highest BCUT2D eigenvalue weighted by Crippen LogP contribution is 2.34. The Labute approximate surface area is 171 Å². The minimum Gasteiger partial charge on any atom is -0.342 e. The average molecular weight is 433 g/mol. The van der Waals surface area contributed by atoms with Gasteiger partial charge in [-0.15, -0.1) is 0 Å². The molecule has 1 aliphatic heterocycles. The largest absolute Gasteiger partial charge is 0.342 e. The van der Waals surface area contributed by atoms with Crippen LogP contribution < -0.4 is 0 Å². The number of carbonyl (C=O) groups excluding carboxylic acids is 1. The third kappa shape index (κ3) is 4.78. The third-order valence-corrected chi connectivity index (χ3v) is 8.16. The van der Waals surface area contributed by atoms with Crippen molar-refractivity contribution in [2.24, 2.45) is 11.8 Å². The highest BCUT2D eigenvalue weighted by molar-refractivity contribution is 7.89. The zero-order chi connectivity index (χ0) is 19.6. The number of amides is 1. The molecule has 2 aliphatic rings. The van der Waals surface area contributed by atoms with Crippen molar-refractivity contribution in [3.8, 4) is 0 Å². The van der Waals surface area contributed by atoms with Gasteiger partial charge in [-0.3, -0.25) is 4.79 Å². The fraction of sp³-hybridized carbons (Fsp3) is 0.632. The van der Waals surface area contributed by atoms with Crippen LogP contribution in [0.4, 0.5) is 0 Å². The van der Waals surface area contributed by atoms with Gasteiger partial charge < -0.3 is 4.90 Å². The molecule has 150 valence electrons. The van der Waals surface area contributed by atoms with Gasteiger partial charge in [-0.25, -0.2) is 8.42 Å². The first-order valence-electron chi connectivity index (χ1n) is 9.57. The first kappa shape index (κ1) is 20.9. The normalized spacial score (nSPS) is 19.2. The van der Waals surface area contributed by atoms with E-state index < -0.39 is 10.0 Å². The van der Waals surface area contributed by atoms with E-state index in [0.29, 0.717) is 31.8 Å². The quantitative estimate of drug-likeness (QED) is 0.652. The molecule has 1 aromatic carbocycles. The van der Waals surface area contributed by atoms with Gasteiger partial charge in [0.1, 0.15) is 4.90 Å². The summed E-state index contributed by atoms with van der Waals surface area (Å²) in [5.74, 6) is 0.725. The van der Waals surface area contributed by atoms with E-state index >= 15 is 0 Å². The van der Waals surface area contributed by atoms with Crippen LogP contribution in [0.15, 0.2) is 23.1 Å². The summed E-state index contributed by atoms with van der Waals surface area (Å²) in [6, 6.07) is 4.67. The molecular weight excluding hydrogens is 407 g/mol. The van der Waals surface area contributed by atoms with E-state index in [1.807, 2.05) is 4.90 Å². The minimum atomic E-state index is -3.77. The number of hydrogen-bond donors (Lipinski definition) is 0. The van der Waals surface area contributed by atoms with Gasteiger partial charge in [0.2, 0.25) is 15.9 Å². The number of sulfonamides is 1. The average Bonchev–Trinajstić information content (AvgIpc) is 3.44. The summed E-state index contributed by atoms with van der Waals surface area (Å²) in [6.07, 6.45) is 4.43. The third-order valence-electron chi connectivity index (χ3n) is 5.30. The Morgan fingerprint density at radius 3 is 2.26 bits per heavy atom. The lowest BCUT2D eigenvalue weighted by molar-refractivity contribution is -0.137. The summed E-state index contributed by atoms with van der Waals surface area (Å²) >= 11 is 12.2. The number of rotatable bonds is 7. The van der Waals surface area contributed by atoms with Crippen molar-refractivity contribution in [2.75, 3.05) is 26.2 Å². The molecule has 1 aliphatic carbocycles. The molecule has 1 saturated heterocycles. The summed E-state index contributed by atoms with van der Waals surface area (Å²) in [5, 5.41) is 0.249. The topological polar surface area (TPSA) is 57.7 Å². The van der Waals surface area contributed by atoms with Crippen molar-refractivity contribution < 1.29 is 13.2 Å². The Morgan fingerprint density at radius 1 is 1.15 bits per heavy atom. The Morgan fingerprint density at radius 2 is 1.74 bits per heavy atom. The molecule has 0 radical (unpaired) electrons. The van der Waals surface area contributed by atoms with Gasteiger partial charge >= 0.3 is 0 Å². The van der Waals surface area contributed by atoms with E-state index in [2.05, 4.69) is 6.92 Å². The summed E-state index contributed by atoms with van der Waals surface area (Å²) in [7, 11) is -3.77. The number of nitrogens with zero attached hydrogens (tertiary/aromatic N) is 2. The van der Waals surface area contributed by atoms with E-state index in [-0.39, 0.29) is 26.8 Å². The van der Waals surface area contributed by atoms with Crippen molar-refractivity contribution in [3.05, 3.63) is 28.2 Å². The SMILES string of the molecule is CCCN(CC1CC1)C(=O)C1CCN(S(=O)(=O)c2c(Cl)cccc2Cl)CC1. The maximum Gasteiger partial charge on any atom is 0.246 e. The van der Waals surface area contributed by atoms with Gasteiger partial charge in [0.05, 0.1) is 10.0 Å². The molecule has 0 atom stereocenters. The lowest BCUT2D eigenvalue weighted by atomic mass is 9.96. The van der Waals surface area contributed by atoms with Crippen LogP contribution in [0.1, 0.15) is 39.0 Å². The molecule has 1 saturated carbocycles.